The molecular weight excluding hydrogens is 311 g/mol. The molecule has 0 radical (unpaired) electrons. The van der Waals surface area contributed by atoms with E-state index < -0.39 is 23.3 Å². The van der Waals surface area contributed by atoms with Gasteiger partial charge in [-0.1, -0.05) is 23.7 Å². The predicted molar refractivity (Wildman–Crippen MR) is 79.7 cm³/mol. The fourth-order valence-electron chi connectivity index (χ4n) is 2.49. The number of ether oxygens (including phenoxy) is 1. The van der Waals surface area contributed by atoms with E-state index in [1.807, 2.05) is 0 Å². The van der Waals surface area contributed by atoms with Gasteiger partial charge in [-0.05, 0) is 30.5 Å². The summed E-state index contributed by atoms with van der Waals surface area (Å²) in [4.78, 5) is 24.4. The van der Waals surface area contributed by atoms with Crippen molar-refractivity contribution in [2.45, 2.75) is 25.6 Å². The van der Waals surface area contributed by atoms with E-state index in [9.17, 15) is 14.0 Å². The summed E-state index contributed by atoms with van der Waals surface area (Å²) in [6.45, 7) is 0.508. The number of benzene rings is 1. The highest BCUT2D eigenvalue weighted by molar-refractivity contribution is 6.30. The fourth-order valence-corrected chi connectivity index (χ4v) is 2.61. The van der Waals surface area contributed by atoms with E-state index in [2.05, 4.69) is 0 Å². The van der Waals surface area contributed by atoms with Crippen molar-refractivity contribution in [1.82, 2.24) is 9.13 Å². The molecular formula is C15H14ClFN2O3. The molecule has 0 aliphatic carbocycles. The molecule has 0 saturated carbocycles. The van der Waals surface area contributed by atoms with Gasteiger partial charge in [0, 0.05) is 11.6 Å². The van der Waals surface area contributed by atoms with E-state index in [1.54, 1.807) is 24.3 Å². The normalized spacial score (nSPS) is 17.8. The fraction of sp³-hybridized carbons (Fsp3) is 0.333. The van der Waals surface area contributed by atoms with Crippen LogP contribution in [0.5, 0.6) is 0 Å². The van der Waals surface area contributed by atoms with Gasteiger partial charge in [0.15, 0.2) is 0 Å². The van der Waals surface area contributed by atoms with Gasteiger partial charge >= 0.3 is 5.69 Å². The zero-order valence-electron chi connectivity index (χ0n) is 11.7. The highest BCUT2D eigenvalue weighted by Crippen LogP contribution is 2.20. The van der Waals surface area contributed by atoms with E-state index in [4.69, 9.17) is 16.3 Å². The molecule has 0 amide bonds. The Balaban J connectivity index is 2.04. The first-order valence-electron chi connectivity index (χ1n) is 6.94. The monoisotopic (exact) mass is 324 g/mol. The van der Waals surface area contributed by atoms with Crippen molar-refractivity contribution < 1.29 is 9.13 Å². The lowest BCUT2D eigenvalue weighted by atomic mass is 10.2. The Kier molecular flexibility index (Phi) is 4.13. The molecule has 0 N–H and O–H groups in total. The van der Waals surface area contributed by atoms with Crippen molar-refractivity contribution in [2.24, 2.45) is 0 Å². The quantitative estimate of drug-likeness (QED) is 0.869. The largest absolute Gasteiger partial charge is 0.358 e. The molecule has 0 spiro atoms. The standard InChI is InChI=1S/C15H14ClFN2O3/c16-11-5-3-10(4-6-11)8-19-14(20)12(17)9-18(15(19)21)13-2-1-7-22-13/h3-6,9,13H,1-2,7-8H2/t13-/m0/s1. The van der Waals surface area contributed by atoms with Crippen molar-refractivity contribution >= 4 is 11.6 Å². The molecule has 0 unspecified atom stereocenters. The average molecular weight is 325 g/mol. The first-order chi connectivity index (χ1) is 10.6. The van der Waals surface area contributed by atoms with Crippen LogP contribution in [-0.4, -0.2) is 15.7 Å². The van der Waals surface area contributed by atoms with Crippen molar-refractivity contribution in [1.29, 1.82) is 0 Å². The maximum Gasteiger partial charge on any atom is 0.333 e. The van der Waals surface area contributed by atoms with E-state index in [-0.39, 0.29) is 6.54 Å². The second-order valence-electron chi connectivity index (χ2n) is 5.15. The molecule has 7 heteroatoms. The van der Waals surface area contributed by atoms with Crippen LogP contribution in [-0.2, 0) is 11.3 Å². The predicted octanol–water partition coefficient (Wildman–Crippen LogP) is 2.16. The van der Waals surface area contributed by atoms with Crippen LogP contribution in [0.15, 0.2) is 40.1 Å². The summed E-state index contributed by atoms with van der Waals surface area (Å²) in [5.74, 6) is -0.968. The highest BCUT2D eigenvalue weighted by Gasteiger charge is 2.22. The zero-order valence-corrected chi connectivity index (χ0v) is 12.4. The van der Waals surface area contributed by atoms with E-state index in [0.717, 1.165) is 21.8 Å². The average Bonchev–Trinajstić information content (AvgIpc) is 3.03. The van der Waals surface area contributed by atoms with Crippen molar-refractivity contribution in [3.63, 3.8) is 0 Å². The Bertz CT molecular complexity index is 792. The van der Waals surface area contributed by atoms with E-state index in [1.165, 1.54) is 0 Å². The summed E-state index contributed by atoms with van der Waals surface area (Å²) in [5, 5.41) is 0.548. The van der Waals surface area contributed by atoms with Crippen LogP contribution in [0.2, 0.25) is 5.02 Å². The smallest absolute Gasteiger partial charge is 0.333 e. The van der Waals surface area contributed by atoms with Gasteiger partial charge < -0.3 is 4.74 Å². The van der Waals surface area contributed by atoms with Crippen LogP contribution in [0, 0.1) is 5.82 Å². The van der Waals surface area contributed by atoms with Crippen LogP contribution in [0.3, 0.4) is 0 Å². The SMILES string of the molecule is O=c1c(F)cn([C@@H]2CCCO2)c(=O)n1Cc1ccc(Cl)cc1. The zero-order chi connectivity index (χ0) is 15.7. The Morgan fingerprint density at radius 1 is 1.27 bits per heavy atom. The number of rotatable bonds is 3. The molecule has 0 bridgehead atoms. The lowest BCUT2D eigenvalue weighted by Crippen LogP contribution is -2.42. The Morgan fingerprint density at radius 2 is 2.00 bits per heavy atom. The van der Waals surface area contributed by atoms with Gasteiger partial charge in [0.05, 0.1) is 12.7 Å². The molecule has 1 aromatic carbocycles. The maximum absolute atomic E-state index is 13.9. The van der Waals surface area contributed by atoms with Gasteiger partial charge in [0.2, 0.25) is 5.82 Å². The lowest BCUT2D eigenvalue weighted by molar-refractivity contribution is 0.0504. The molecule has 1 fully saturated rings. The summed E-state index contributed by atoms with van der Waals surface area (Å²) >= 11 is 5.80. The van der Waals surface area contributed by atoms with E-state index >= 15 is 0 Å². The Morgan fingerprint density at radius 3 is 2.64 bits per heavy atom. The summed E-state index contributed by atoms with van der Waals surface area (Å²) in [5.41, 5.74) is -0.824. The van der Waals surface area contributed by atoms with Crippen LogP contribution in [0.4, 0.5) is 4.39 Å². The van der Waals surface area contributed by atoms with Crippen LogP contribution in [0.1, 0.15) is 24.6 Å². The number of aromatic nitrogens is 2. The van der Waals surface area contributed by atoms with Gasteiger partial charge in [-0.3, -0.25) is 13.9 Å². The van der Waals surface area contributed by atoms with Gasteiger partial charge in [-0.25, -0.2) is 4.79 Å². The number of halogens is 2. The summed E-state index contributed by atoms with van der Waals surface area (Å²) in [6.07, 6.45) is 1.84. The van der Waals surface area contributed by atoms with Gasteiger partial charge in [0.1, 0.15) is 6.23 Å². The first-order valence-corrected chi connectivity index (χ1v) is 7.31. The molecule has 1 aliphatic rings. The van der Waals surface area contributed by atoms with Crippen LogP contribution in [0.25, 0.3) is 0 Å². The third-order valence-corrected chi connectivity index (χ3v) is 3.88. The van der Waals surface area contributed by atoms with Crippen molar-refractivity contribution in [3.05, 3.63) is 67.7 Å². The Labute approximate surface area is 130 Å². The molecule has 1 aliphatic heterocycles. The number of hydrogen-bond donors (Lipinski definition) is 0. The highest BCUT2D eigenvalue weighted by atomic mass is 35.5. The first kappa shape index (κ1) is 15.0. The van der Waals surface area contributed by atoms with Crippen LogP contribution >= 0.6 is 11.6 Å². The van der Waals surface area contributed by atoms with E-state index in [0.29, 0.717) is 23.6 Å². The van der Waals surface area contributed by atoms with Gasteiger partial charge in [-0.2, -0.15) is 4.39 Å². The number of hydrogen-bond acceptors (Lipinski definition) is 3. The minimum Gasteiger partial charge on any atom is -0.358 e. The summed E-state index contributed by atoms with van der Waals surface area (Å²) < 4.78 is 21.3. The molecule has 1 aromatic heterocycles. The van der Waals surface area contributed by atoms with Gasteiger partial charge in [-0.15, -0.1) is 0 Å². The Hall–Kier alpha value is -1.92. The lowest BCUT2D eigenvalue weighted by Gasteiger charge is -2.15. The summed E-state index contributed by atoms with van der Waals surface area (Å²) in [7, 11) is 0. The van der Waals surface area contributed by atoms with Crippen molar-refractivity contribution in [3.8, 4) is 0 Å². The minimum absolute atomic E-state index is 0.0146. The molecule has 3 rings (SSSR count). The third kappa shape index (κ3) is 2.84. The topological polar surface area (TPSA) is 53.2 Å². The second kappa shape index (κ2) is 6.06. The molecule has 2 heterocycles. The molecule has 5 nitrogen and oxygen atoms in total. The minimum atomic E-state index is -0.968. The van der Waals surface area contributed by atoms with Crippen LogP contribution < -0.4 is 11.2 Å². The maximum atomic E-state index is 13.9. The molecule has 116 valence electrons. The molecule has 2 aromatic rings. The molecule has 1 saturated heterocycles. The third-order valence-electron chi connectivity index (χ3n) is 3.62. The summed E-state index contributed by atoms with van der Waals surface area (Å²) in [6, 6.07) is 6.69. The molecule has 1 atom stereocenters. The molecule has 22 heavy (non-hydrogen) atoms. The second-order valence-corrected chi connectivity index (χ2v) is 5.59. The number of nitrogens with zero attached hydrogens (tertiary/aromatic N) is 2. The van der Waals surface area contributed by atoms with Gasteiger partial charge in [0.25, 0.3) is 5.56 Å². The van der Waals surface area contributed by atoms with Crippen molar-refractivity contribution in [2.75, 3.05) is 6.61 Å².